The third-order valence-electron chi connectivity index (χ3n) is 2.56. The number of nitrogens with zero attached hydrogens (tertiary/aromatic N) is 2. The van der Waals surface area contributed by atoms with Crippen LogP contribution in [0.3, 0.4) is 0 Å². The van der Waals surface area contributed by atoms with Gasteiger partial charge in [0, 0.05) is 18.9 Å². The molecular weight excluding hydrogens is 204 g/mol. The number of hydrogen-bond donors (Lipinski definition) is 0. The van der Waals surface area contributed by atoms with Crippen molar-refractivity contribution < 1.29 is 9.47 Å². The van der Waals surface area contributed by atoms with Crippen LogP contribution < -0.4 is 4.74 Å². The Balaban J connectivity index is 1.82. The number of hydrogen-bond acceptors (Lipinski definition) is 4. The molecule has 0 bridgehead atoms. The second-order valence-corrected chi connectivity index (χ2v) is 3.80. The van der Waals surface area contributed by atoms with E-state index in [1.165, 1.54) is 12.6 Å². The van der Waals surface area contributed by atoms with Crippen molar-refractivity contribution in [3.8, 4) is 11.9 Å². The van der Waals surface area contributed by atoms with Crippen molar-refractivity contribution >= 4 is 0 Å². The molecule has 0 N–H and O–H groups in total. The van der Waals surface area contributed by atoms with Gasteiger partial charge < -0.3 is 9.47 Å². The molecule has 1 fully saturated rings. The summed E-state index contributed by atoms with van der Waals surface area (Å²) in [4.78, 5) is 4.03. The molecule has 1 atom stereocenters. The van der Waals surface area contributed by atoms with Gasteiger partial charge in [-0.2, -0.15) is 5.26 Å². The van der Waals surface area contributed by atoms with Crippen LogP contribution in [0.1, 0.15) is 24.8 Å². The quantitative estimate of drug-likeness (QED) is 0.777. The molecule has 0 spiro atoms. The van der Waals surface area contributed by atoms with Crippen LogP contribution in [-0.2, 0) is 4.74 Å². The molecule has 0 aromatic carbocycles. The van der Waals surface area contributed by atoms with E-state index in [4.69, 9.17) is 14.7 Å². The molecule has 4 nitrogen and oxygen atoms in total. The van der Waals surface area contributed by atoms with E-state index in [0.29, 0.717) is 18.1 Å². The number of pyridine rings is 1. The monoisotopic (exact) mass is 218 g/mol. The zero-order chi connectivity index (χ0) is 11.2. The summed E-state index contributed by atoms with van der Waals surface area (Å²) in [5.74, 6) is 0.549. The Kier molecular flexibility index (Phi) is 3.73. The van der Waals surface area contributed by atoms with Crippen molar-refractivity contribution in [2.45, 2.75) is 25.4 Å². The standard InChI is InChI=1S/C12H14N2O2/c13-7-10-4-5-12(14-8-10)16-9-11-3-1-2-6-15-11/h4-5,8,11H,1-3,6,9H2/t11-/m0/s1. The lowest BCUT2D eigenvalue weighted by Gasteiger charge is -2.22. The first kappa shape index (κ1) is 10.9. The smallest absolute Gasteiger partial charge is 0.213 e. The number of nitriles is 1. The highest BCUT2D eigenvalue weighted by Crippen LogP contribution is 2.14. The average Bonchev–Trinajstić information content (AvgIpc) is 2.38. The SMILES string of the molecule is N#Cc1ccc(OC[C@@H]2CCCCO2)nc1. The molecule has 0 saturated carbocycles. The van der Waals surface area contributed by atoms with E-state index in [1.807, 2.05) is 6.07 Å². The second kappa shape index (κ2) is 5.47. The summed E-state index contributed by atoms with van der Waals surface area (Å²) in [7, 11) is 0. The van der Waals surface area contributed by atoms with Gasteiger partial charge in [-0.1, -0.05) is 0 Å². The molecule has 16 heavy (non-hydrogen) atoms. The minimum absolute atomic E-state index is 0.186. The molecule has 0 aliphatic carbocycles. The van der Waals surface area contributed by atoms with E-state index in [0.717, 1.165) is 19.4 Å². The highest BCUT2D eigenvalue weighted by molar-refractivity contribution is 5.28. The Morgan fingerprint density at radius 1 is 1.50 bits per heavy atom. The molecule has 1 aromatic heterocycles. The topological polar surface area (TPSA) is 55.1 Å². The maximum absolute atomic E-state index is 8.61. The predicted molar refractivity (Wildman–Crippen MR) is 58.0 cm³/mol. The maximum atomic E-state index is 8.61. The van der Waals surface area contributed by atoms with Crippen molar-refractivity contribution in [2.75, 3.05) is 13.2 Å². The predicted octanol–water partition coefficient (Wildman–Crippen LogP) is 1.90. The Hall–Kier alpha value is -1.60. The molecule has 84 valence electrons. The summed E-state index contributed by atoms with van der Waals surface area (Å²) in [5.41, 5.74) is 0.543. The molecule has 1 aliphatic rings. The van der Waals surface area contributed by atoms with Gasteiger partial charge in [0.1, 0.15) is 12.7 Å². The first-order chi connectivity index (χ1) is 7.88. The normalized spacial score (nSPS) is 20.1. The Labute approximate surface area is 94.8 Å². The lowest BCUT2D eigenvalue weighted by molar-refractivity contribution is -0.0119. The van der Waals surface area contributed by atoms with Gasteiger partial charge in [0.15, 0.2) is 0 Å². The van der Waals surface area contributed by atoms with Gasteiger partial charge in [0.2, 0.25) is 5.88 Å². The number of ether oxygens (including phenoxy) is 2. The number of aromatic nitrogens is 1. The zero-order valence-corrected chi connectivity index (χ0v) is 9.06. The highest BCUT2D eigenvalue weighted by atomic mass is 16.5. The minimum atomic E-state index is 0.186. The molecule has 0 radical (unpaired) electrons. The lowest BCUT2D eigenvalue weighted by Crippen LogP contribution is -2.25. The molecular formula is C12H14N2O2. The van der Waals surface area contributed by atoms with Crippen molar-refractivity contribution in [1.82, 2.24) is 4.98 Å². The Morgan fingerprint density at radius 2 is 2.44 bits per heavy atom. The summed E-state index contributed by atoms with van der Waals surface area (Å²) < 4.78 is 11.0. The van der Waals surface area contributed by atoms with Gasteiger partial charge in [-0.3, -0.25) is 0 Å². The molecule has 2 rings (SSSR count). The van der Waals surface area contributed by atoms with E-state index >= 15 is 0 Å². The molecule has 1 aliphatic heterocycles. The molecule has 1 saturated heterocycles. The highest BCUT2D eigenvalue weighted by Gasteiger charge is 2.14. The van der Waals surface area contributed by atoms with Crippen molar-refractivity contribution in [1.29, 1.82) is 5.26 Å². The largest absolute Gasteiger partial charge is 0.475 e. The third kappa shape index (κ3) is 2.94. The van der Waals surface area contributed by atoms with Crippen LogP contribution in [0.2, 0.25) is 0 Å². The molecule has 1 aromatic rings. The third-order valence-corrected chi connectivity index (χ3v) is 2.56. The lowest BCUT2D eigenvalue weighted by atomic mass is 10.1. The van der Waals surface area contributed by atoms with E-state index in [9.17, 15) is 0 Å². The summed E-state index contributed by atoms with van der Waals surface area (Å²) >= 11 is 0. The van der Waals surface area contributed by atoms with Gasteiger partial charge in [0.25, 0.3) is 0 Å². The zero-order valence-electron chi connectivity index (χ0n) is 9.06. The summed E-state index contributed by atoms with van der Waals surface area (Å²) in [6.07, 6.45) is 5.10. The van der Waals surface area contributed by atoms with Crippen LogP contribution in [0, 0.1) is 11.3 Å². The molecule has 0 amide bonds. The summed E-state index contributed by atoms with van der Waals surface area (Å²) in [6.45, 7) is 1.37. The van der Waals surface area contributed by atoms with Gasteiger partial charge in [-0.15, -0.1) is 0 Å². The van der Waals surface area contributed by atoms with E-state index in [-0.39, 0.29) is 6.10 Å². The number of rotatable bonds is 3. The van der Waals surface area contributed by atoms with Crippen LogP contribution in [0.5, 0.6) is 5.88 Å². The summed E-state index contributed by atoms with van der Waals surface area (Å²) in [5, 5.41) is 8.61. The second-order valence-electron chi connectivity index (χ2n) is 3.80. The van der Waals surface area contributed by atoms with E-state index in [2.05, 4.69) is 4.98 Å². The van der Waals surface area contributed by atoms with Gasteiger partial charge in [0.05, 0.1) is 11.7 Å². The Bertz CT molecular complexity index is 364. The summed E-state index contributed by atoms with van der Waals surface area (Å²) in [6, 6.07) is 5.43. The van der Waals surface area contributed by atoms with Crippen LogP contribution in [-0.4, -0.2) is 24.3 Å². The van der Waals surface area contributed by atoms with Crippen molar-refractivity contribution in [2.24, 2.45) is 0 Å². The fraction of sp³-hybridized carbons (Fsp3) is 0.500. The van der Waals surface area contributed by atoms with Crippen LogP contribution in [0.4, 0.5) is 0 Å². The Morgan fingerprint density at radius 3 is 3.06 bits per heavy atom. The van der Waals surface area contributed by atoms with Crippen LogP contribution >= 0.6 is 0 Å². The van der Waals surface area contributed by atoms with Crippen molar-refractivity contribution in [3.05, 3.63) is 23.9 Å². The first-order valence-electron chi connectivity index (χ1n) is 5.49. The minimum Gasteiger partial charge on any atom is -0.475 e. The fourth-order valence-corrected chi connectivity index (χ4v) is 1.65. The van der Waals surface area contributed by atoms with Crippen molar-refractivity contribution in [3.63, 3.8) is 0 Å². The fourth-order valence-electron chi connectivity index (χ4n) is 1.65. The molecule has 2 heterocycles. The first-order valence-corrected chi connectivity index (χ1v) is 5.49. The van der Waals surface area contributed by atoms with Crippen LogP contribution in [0.25, 0.3) is 0 Å². The van der Waals surface area contributed by atoms with E-state index < -0.39 is 0 Å². The van der Waals surface area contributed by atoms with E-state index in [1.54, 1.807) is 12.1 Å². The molecule has 0 unspecified atom stereocenters. The van der Waals surface area contributed by atoms with Gasteiger partial charge >= 0.3 is 0 Å². The van der Waals surface area contributed by atoms with Gasteiger partial charge in [-0.25, -0.2) is 4.98 Å². The van der Waals surface area contributed by atoms with Gasteiger partial charge in [-0.05, 0) is 25.3 Å². The average molecular weight is 218 g/mol. The maximum Gasteiger partial charge on any atom is 0.213 e. The van der Waals surface area contributed by atoms with Crippen LogP contribution in [0.15, 0.2) is 18.3 Å². The molecule has 4 heteroatoms.